The minimum absolute atomic E-state index is 0.827. The van der Waals surface area contributed by atoms with E-state index in [1.165, 1.54) is 103 Å². The standard InChI is InChI=1S/C25H39N3/c1-2-12-26(11-1)19-21-5-7-23(8-6-21)24-17-22(18-24)20-27-15-9-25(10-16-27)28-13-3-4-14-28/h5-8,22,24-25H,1-4,9-20H2/t22-,24-. The van der Waals surface area contributed by atoms with Gasteiger partial charge in [-0.1, -0.05) is 24.3 Å². The van der Waals surface area contributed by atoms with Crippen molar-refractivity contribution >= 4 is 0 Å². The Morgan fingerprint density at radius 1 is 0.714 bits per heavy atom. The lowest BCUT2D eigenvalue weighted by atomic mass is 9.71. The highest BCUT2D eigenvalue weighted by Crippen LogP contribution is 2.42. The zero-order valence-corrected chi connectivity index (χ0v) is 17.7. The molecule has 3 heteroatoms. The van der Waals surface area contributed by atoms with Crippen molar-refractivity contribution in [3.63, 3.8) is 0 Å². The van der Waals surface area contributed by atoms with Crippen LogP contribution in [0.25, 0.3) is 0 Å². The lowest BCUT2D eigenvalue weighted by molar-refractivity contribution is 0.0939. The molecule has 0 radical (unpaired) electrons. The maximum Gasteiger partial charge on any atom is 0.0233 e. The third kappa shape index (κ3) is 4.47. The molecule has 0 atom stereocenters. The van der Waals surface area contributed by atoms with E-state index in [1.807, 2.05) is 0 Å². The predicted octanol–water partition coefficient (Wildman–Crippen LogP) is 4.34. The Bertz CT molecular complexity index is 601. The Kier molecular flexibility index (Phi) is 6.03. The van der Waals surface area contributed by atoms with Crippen molar-refractivity contribution in [1.82, 2.24) is 14.7 Å². The van der Waals surface area contributed by atoms with Gasteiger partial charge in [-0.3, -0.25) is 4.90 Å². The Labute approximate surface area is 172 Å². The molecule has 0 N–H and O–H groups in total. The van der Waals surface area contributed by atoms with Crippen molar-refractivity contribution in [2.75, 3.05) is 45.8 Å². The molecular formula is C25H39N3. The van der Waals surface area contributed by atoms with E-state index in [0.29, 0.717) is 0 Å². The Morgan fingerprint density at radius 3 is 2.04 bits per heavy atom. The lowest BCUT2D eigenvalue weighted by Gasteiger charge is -2.42. The fourth-order valence-corrected chi connectivity index (χ4v) is 6.19. The van der Waals surface area contributed by atoms with Gasteiger partial charge in [0.15, 0.2) is 0 Å². The van der Waals surface area contributed by atoms with Crippen LogP contribution < -0.4 is 0 Å². The predicted molar refractivity (Wildman–Crippen MR) is 117 cm³/mol. The average molecular weight is 382 g/mol. The summed E-state index contributed by atoms with van der Waals surface area (Å²) in [6.07, 6.45) is 11.3. The maximum atomic E-state index is 2.77. The van der Waals surface area contributed by atoms with E-state index in [4.69, 9.17) is 0 Å². The summed E-state index contributed by atoms with van der Waals surface area (Å²) in [7, 11) is 0. The summed E-state index contributed by atoms with van der Waals surface area (Å²) in [4.78, 5) is 8.14. The van der Waals surface area contributed by atoms with Crippen LogP contribution in [0, 0.1) is 5.92 Å². The van der Waals surface area contributed by atoms with Crippen molar-refractivity contribution in [2.45, 2.75) is 69.9 Å². The van der Waals surface area contributed by atoms with Crippen LogP contribution in [0.5, 0.6) is 0 Å². The molecule has 0 spiro atoms. The first-order chi connectivity index (χ1) is 13.8. The number of benzene rings is 1. The van der Waals surface area contributed by atoms with Crippen molar-refractivity contribution in [3.05, 3.63) is 35.4 Å². The molecule has 28 heavy (non-hydrogen) atoms. The fraction of sp³-hybridized carbons (Fsp3) is 0.760. The number of hydrogen-bond donors (Lipinski definition) is 0. The third-order valence-corrected chi connectivity index (χ3v) is 8.02. The highest BCUT2D eigenvalue weighted by molar-refractivity contribution is 5.27. The monoisotopic (exact) mass is 381 g/mol. The molecule has 1 aromatic rings. The summed E-state index contributed by atoms with van der Waals surface area (Å²) in [5.74, 6) is 1.77. The average Bonchev–Trinajstić information content (AvgIpc) is 3.40. The van der Waals surface area contributed by atoms with Gasteiger partial charge in [-0.25, -0.2) is 0 Å². The van der Waals surface area contributed by atoms with Crippen LogP contribution in [0.1, 0.15) is 68.4 Å². The van der Waals surface area contributed by atoms with Gasteiger partial charge >= 0.3 is 0 Å². The smallest absolute Gasteiger partial charge is 0.0233 e. The first-order valence-corrected chi connectivity index (χ1v) is 12.1. The van der Waals surface area contributed by atoms with Gasteiger partial charge in [0.05, 0.1) is 0 Å². The molecule has 4 aliphatic rings. The lowest BCUT2D eigenvalue weighted by Crippen LogP contribution is -2.46. The van der Waals surface area contributed by atoms with E-state index < -0.39 is 0 Å². The van der Waals surface area contributed by atoms with Crippen LogP contribution in [0.3, 0.4) is 0 Å². The second-order valence-electron chi connectivity index (χ2n) is 10.0. The highest BCUT2D eigenvalue weighted by atomic mass is 15.2. The van der Waals surface area contributed by atoms with Gasteiger partial charge < -0.3 is 9.80 Å². The van der Waals surface area contributed by atoms with Gasteiger partial charge in [0, 0.05) is 19.1 Å². The Balaban J connectivity index is 1.03. The van der Waals surface area contributed by atoms with Crippen molar-refractivity contribution in [3.8, 4) is 0 Å². The molecule has 3 saturated heterocycles. The van der Waals surface area contributed by atoms with E-state index >= 15 is 0 Å². The van der Waals surface area contributed by atoms with Crippen molar-refractivity contribution in [1.29, 1.82) is 0 Å². The van der Waals surface area contributed by atoms with Gasteiger partial charge in [0.2, 0.25) is 0 Å². The first kappa shape index (κ1) is 19.1. The Hall–Kier alpha value is -0.900. The molecule has 0 amide bonds. The number of piperidine rings is 1. The molecule has 3 nitrogen and oxygen atoms in total. The van der Waals surface area contributed by atoms with Crippen LogP contribution in [0.4, 0.5) is 0 Å². The van der Waals surface area contributed by atoms with Crippen LogP contribution in [0.2, 0.25) is 0 Å². The molecule has 0 bridgehead atoms. The van der Waals surface area contributed by atoms with E-state index in [0.717, 1.165) is 24.4 Å². The molecule has 1 aromatic carbocycles. The van der Waals surface area contributed by atoms with Gasteiger partial charge in [0.25, 0.3) is 0 Å². The normalized spacial score (nSPS) is 30.7. The van der Waals surface area contributed by atoms with Crippen LogP contribution in [0.15, 0.2) is 24.3 Å². The molecule has 5 rings (SSSR count). The molecule has 3 heterocycles. The van der Waals surface area contributed by atoms with E-state index in [2.05, 4.69) is 39.0 Å². The molecule has 0 unspecified atom stereocenters. The molecule has 1 saturated carbocycles. The van der Waals surface area contributed by atoms with Crippen LogP contribution in [-0.2, 0) is 6.54 Å². The quantitative estimate of drug-likeness (QED) is 0.726. The first-order valence-electron chi connectivity index (χ1n) is 12.1. The third-order valence-electron chi connectivity index (χ3n) is 8.02. The number of nitrogens with zero attached hydrogens (tertiary/aromatic N) is 3. The molecule has 154 valence electrons. The summed E-state index contributed by atoms with van der Waals surface area (Å²) in [5.41, 5.74) is 3.09. The summed E-state index contributed by atoms with van der Waals surface area (Å²) in [5, 5.41) is 0. The van der Waals surface area contributed by atoms with Gasteiger partial charge in [-0.2, -0.15) is 0 Å². The summed E-state index contributed by atoms with van der Waals surface area (Å²) < 4.78 is 0. The second-order valence-corrected chi connectivity index (χ2v) is 10.0. The van der Waals surface area contributed by atoms with E-state index in [9.17, 15) is 0 Å². The summed E-state index contributed by atoms with van der Waals surface area (Å²) in [6.45, 7) is 10.5. The maximum absolute atomic E-state index is 2.77. The topological polar surface area (TPSA) is 9.72 Å². The van der Waals surface area contributed by atoms with Crippen molar-refractivity contribution < 1.29 is 0 Å². The molecule has 3 aliphatic heterocycles. The largest absolute Gasteiger partial charge is 0.303 e. The number of likely N-dealkylation sites (tertiary alicyclic amines) is 3. The molecular weight excluding hydrogens is 342 g/mol. The Morgan fingerprint density at radius 2 is 1.36 bits per heavy atom. The SMILES string of the molecule is c1cc([C@H]2C[C@H](CN3CCC(N4CCCC4)CC3)C2)ccc1CN1CCCC1. The zero-order valence-electron chi connectivity index (χ0n) is 17.7. The minimum atomic E-state index is 0.827. The van der Waals surface area contributed by atoms with Gasteiger partial charge in [-0.15, -0.1) is 0 Å². The van der Waals surface area contributed by atoms with E-state index in [1.54, 1.807) is 5.56 Å². The van der Waals surface area contributed by atoms with Gasteiger partial charge in [-0.05, 0) is 114 Å². The molecule has 4 fully saturated rings. The van der Waals surface area contributed by atoms with Gasteiger partial charge in [0.1, 0.15) is 0 Å². The molecule has 1 aliphatic carbocycles. The number of hydrogen-bond acceptors (Lipinski definition) is 3. The second kappa shape index (κ2) is 8.85. The highest BCUT2D eigenvalue weighted by Gasteiger charge is 2.33. The molecule has 0 aromatic heterocycles. The zero-order chi connectivity index (χ0) is 18.8. The number of rotatable bonds is 6. The summed E-state index contributed by atoms with van der Waals surface area (Å²) >= 11 is 0. The fourth-order valence-electron chi connectivity index (χ4n) is 6.19. The van der Waals surface area contributed by atoms with Crippen LogP contribution >= 0.6 is 0 Å². The summed E-state index contributed by atoms with van der Waals surface area (Å²) in [6, 6.07) is 10.5. The van der Waals surface area contributed by atoms with Crippen LogP contribution in [-0.4, -0.2) is 66.6 Å². The van der Waals surface area contributed by atoms with Crippen molar-refractivity contribution in [2.24, 2.45) is 5.92 Å². The van der Waals surface area contributed by atoms with E-state index in [-0.39, 0.29) is 0 Å². The minimum Gasteiger partial charge on any atom is -0.303 e.